The number of nitrogens with one attached hydrogen (secondary N) is 2. The van der Waals surface area contributed by atoms with Crippen LogP contribution in [0, 0.1) is 0 Å². The summed E-state index contributed by atoms with van der Waals surface area (Å²) in [6.07, 6.45) is 1.06. The number of rotatable bonds is 12. The third-order valence-corrected chi connectivity index (χ3v) is 6.50. The van der Waals surface area contributed by atoms with Crippen LogP contribution < -0.4 is 22.1 Å². The summed E-state index contributed by atoms with van der Waals surface area (Å²) >= 11 is 0. The van der Waals surface area contributed by atoms with E-state index in [1.54, 1.807) is 26.0 Å². The average Bonchev–Trinajstić information content (AvgIpc) is 2.92. The molecule has 0 bridgehead atoms. The summed E-state index contributed by atoms with van der Waals surface area (Å²) < 4.78 is 5.56. The Kier molecular flexibility index (Phi) is 9.83. The number of hydrogen-bond acceptors (Lipinski definition) is 5. The van der Waals surface area contributed by atoms with Crippen LogP contribution in [-0.2, 0) is 10.3 Å². The van der Waals surface area contributed by atoms with Gasteiger partial charge in [0.1, 0.15) is 5.60 Å². The van der Waals surface area contributed by atoms with Gasteiger partial charge in [-0.25, -0.2) is 4.79 Å². The van der Waals surface area contributed by atoms with Crippen molar-refractivity contribution in [2.45, 2.75) is 50.3 Å². The van der Waals surface area contributed by atoms with Crippen LogP contribution in [0.4, 0.5) is 4.79 Å². The molecule has 0 aliphatic heterocycles. The summed E-state index contributed by atoms with van der Waals surface area (Å²) in [5.74, 6) is -0.175. The van der Waals surface area contributed by atoms with Gasteiger partial charge in [-0.2, -0.15) is 0 Å². The molecule has 3 aromatic rings. The molecule has 0 fully saturated rings. The summed E-state index contributed by atoms with van der Waals surface area (Å²) in [5, 5.41) is 6.31. The van der Waals surface area contributed by atoms with Gasteiger partial charge in [-0.15, -0.1) is 0 Å². The number of alkyl carbamates (subject to hydrolysis) is 1. The number of hydrogen-bond donors (Lipinski definition) is 4. The maximum Gasteiger partial charge on any atom is 0.408 e. The molecule has 0 radical (unpaired) electrons. The van der Waals surface area contributed by atoms with E-state index in [-0.39, 0.29) is 18.5 Å². The molecule has 0 heterocycles. The maximum atomic E-state index is 13.3. The Balaban J connectivity index is 1.92. The summed E-state index contributed by atoms with van der Waals surface area (Å²) in [5.41, 5.74) is 12.8. The lowest BCUT2D eigenvalue weighted by atomic mass is 9.80. The van der Waals surface area contributed by atoms with Gasteiger partial charge in [0.15, 0.2) is 0 Å². The molecule has 2 amide bonds. The van der Waals surface area contributed by atoms with Crippen LogP contribution in [0.5, 0.6) is 0 Å². The second-order valence-electron chi connectivity index (χ2n) is 9.81. The van der Waals surface area contributed by atoms with Crippen molar-refractivity contribution in [1.29, 1.82) is 0 Å². The fraction of sp³-hybridized carbons (Fsp3) is 0.333. The molecule has 0 saturated carbocycles. The Labute approximate surface area is 219 Å². The predicted molar refractivity (Wildman–Crippen MR) is 147 cm³/mol. The van der Waals surface area contributed by atoms with Crippen molar-refractivity contribution >= 4 is 12.0 Å². The third kappa shape index (κ3) is 7.90. The molecule has 6 N–H and O–H groups in total. The SMILES string of the molecule is CC(C)(CN)OC(=O)NC(CCC(CCN)(NC(=O)c1ccccc1)c1ccccc1)c1ccccc1. The maximum absolute atomic E-state index is 13.3. The molecule has 7 nitrogen and oxygen atoms in total. The van der Waals surface area contributed by atoms with Crippen molar-refractivity contribution in [3.8, 4) is 0 Å². The first-order chi connectivity index (χ1) is 17.8. The number of carbonyl (C=O) groups excluding carboxylic acids is 2. The number of amides is 2. The van der Waals surface area contributed by atoms with Crippen molar-refractivity contribution in [3.05, 3.63) is 108 Å². The number of ether oxygens (including phenoxy) is 1. The van der Waals surface area contributed by atoms with Crippen LogP contribution in [0.1, 0.15) is 60.6 Å². The Hall–Kier alpha value is -3.68. The molecule has 0 saturated heterocycles. The monoisotopic (exact) mass is 502 g/mol. The predicted octanol–water partition coefficient (Wildman–Crippen LogP) is 4.65. The fourth-order valence-corrected chi connectivity index (χ4v) is 4.36. The molecular weight excluding hydrogens is 464 g/mol. The minimum atomic E-state index is -0.789. The zero-order chi connectivity index (χ0) is 26.7. The van der Waals surface area contributed by atoms with Crippen molar-refractivity contribution in [2.24, 2.45) is 11.5 Å². The first-order valence-corrected chi connectivity index (χ1v) is 12.7. The van der Waals surface area contributed by atoms with Crippen molar-refractivity contribution in [3.63, 3.8) is 0 Å². The van der Waals surface area contributed by atoms with Gasteiger partial charge < -0.3 is 26.8 Å². The van der Waals surface area contributed by atoms with Crippen LogP contribution in [0.25, 0.3) is 0 Å². The molecule has 3 rings (SSSR count). The van der Waals surface area contributed by atoms with E-state index in [0.29, 0.717) is 31.4 Å². The molecule has 3 aromatic carbocycles. The van der Waals surface area contributed by atoms with Crippen molar-refractivity contribution in [1.82, 2.24) is 10.6 Å². The first kappa shape index (κ1) is 27.9. The Morgan fingerprint density at radius 3 is 1.97 bits per heavy atom. The van der Waals surface area contributed by atoms with Gasteiger partial charge in [-0.3, -0.25) is 4.79 Å². The lowest BCUT2D eigenvalue weighted by Crippen LogP contribution is -2.48. The van der Waals surface area contributed by atoms with Crippen LogP contribution in [0.15, 0.2) is 91.0 Å². The fourth-order valence-electron chi connectivity index (χ4n) is 4.36. The van der Waals surface area contributed by atoms with Gasteiger partial charge in [0.25, 0.3) is 5.91 Å². The van der Waals surface area contributed by atoms with Crippen molar-refractivity contribution < 1.29 is 14.3 Å². The highest BCUT2D eigenvalue weighted by atomic mass is 16.6. The van der Waals surface area contributed by atoms with Gasteiger partial charge in [0, 0.05) is 12.1 Å². The molecule has 0 aliphatic carbocycles. The summed E-state index contributed by atoms with van der Waals surface area (Å²) in [4.78, 5) is 26.1. The lowest BCUT2D eigenvalue weighted by Gasteiger charge is -2.37. The lowest BCUT2D eigenvalue weighted by molar-refractivity contribution is 0.0424. The van der Waals surface area contributed by atoms with Gasteiger partial charge in [-0.1, -0.05) is 78.9 Å². The molecule has 37 heavy (non-hydrogen) atoms. The minimum Gasteiger partial charge on any atom is -0.442 e. The van der Waals surface area contributed by atoms with Gasteiger partial charge in [0.2, 0.25) is 0 Å². The summed E-state index contributed by atoms with van der Waals surface area (Å²) in [7, 11) is 0. The van der Waals surface area contributed by atoms with E-state index in [2.05, 4.69) is 10.6 Å². The van der Waals surface area contributed by atoms with E-state index in [4.69, 9.17) is 16.2 Å². The molecule has 7 heteroatoms. The van der Waals surface area contributed by atoms with Crippen LogP contribution >= 0.6 is 0 Å². The molecule has 0 spiro atoms. The topological polar surface area (TPSA) is 119 Å². The van der Waals surface area contributed by atoms with E-state index < -0.39 is 17.2 Å². The Bertz CT molecular complexity index is 1120. The van der Waals surface area contributed by atoms with E-state index in [9.17, 15) is 9.59 Å². The largest absolute Gasteiger partial charge is 0.442 e. The van der Waals surface area contributed by atoms with Gasteiger partial charge >= 0.3 is 6.09 Å². The highest BCUT2D eigenvalue weighted by Crippen LogP contribution is 2.34. The van der Waals surface area contributed by atoms with Gasteiger partial charge in [0.05, 0.1) is 11.6 Å². The highest BCUT2D eigenvalue weighted by molar-refractivity contribution is 5.94. The second kappa shape index (κ2) is 13.0. The zero-order valence-electron chi connectivity index (χ0n) is 21.7. The highest BCUT2D eigenvalue weighted by Gasteiger charge is 2.35. The molecular formula is C30H38N4O3. The van der Waals surface area contributed by atoms with E-state index in [1.807, 2.05) is 78.9 Å². The van der Waals surface area contributed by atoms with Crippen molar-refractivity contribution in [2.75, 3.05) is 13.1 Å². The summed E-state index contributed by atoms with van der Waals surface area (Å²) in [6.45, 7) is 4.12. The van der Waals surface area contributed by atoms with E-state index >= 15 is 0 Å². The molecule has 2 atom stereocenters. The smallest absolute Gasteiger partial charge is 0.408 e. The first-order valence-electron chi connectivity index (χ1n) is 12.7. The van der Waals surface area contributed by atoms with Crippen LogP contribution in [-0.4, -0.2) is 30.7 Å². The quantitative estimate of drug-likeness (QED) is 0.288. The molecule has 0 aromatic heterocycles. The molecule has 196 valence electrons. The standard InChI is InChI=1S/C30H38N4O3/c1-29(2,22-32)37-28(36)33-26(23-12-6-3-7-13-23)18-19-30(20-21-31,25-16-10-5-11-17-25)34-27(35)24-14-8-4-9-15-24/h3-17,26H,18-22,31-32H2,1-2H3,(H,33,36)(H,34,35). The molecule has 0 aliphatic rings. The second-order valence-corrected chi connectivity index (χ2v) is 9.81. The Morgan fingerprint density at radius 1 is 0.838 bits per heavy atom. The van der Waals surface area contributed by atoms with Crippen LogP contribution in [0.2, 0.25) is 0 Å². The van der Waals surface area contributed by atoms with Gasteiger partial charge in [-0.05, 0) is 62.9 Å². The zero-order valence-corrected chi connectivity index (χ0v) is 21.7. The van der Waals surface area contributed by atoms with Crippen LogP contribution in [0.3, 0.4) is 0 Å². The third-order valence-electron chi connectivity index (χ3n) is 6.50. The van der Waals surface area contributed by atoms with E-state index in [1.165, 1.54) is 0 Å². The molecule has 2 unspecified atom stereocenters. The Morgan fingerprint density at radius 2 is 1.41 bits per heavy atom. The normalized spacial score (nSPS) is 13.7. The minimum absolute atomic E-state index is 0.175. The average molecular weight is 503 g/mol. The summed E-state index contributed by atoms with van der Waals surface area (Å²) in [6, 6.07) is 28.4. The number of carbonyl (C=O) groups is 2. The number of nitrogens with two attached hydrogens (primary N) is 2. The number of benzene rings is 3. The van der Waals surface area contributed by atoms with E-state index in [0.717, 1.165) is 11.1 Å².